The van der Waals surface area contributed by atoms with Crippen molar-refractivity contribution in [2.24, 2.45) is 0 Å². The summed E-state index contributed by atoms with van der Waals surface area (Å²) >= 11 is 1.07. The van der Waals surface area contributed by atoms with Crippen LogP contribution in [0, 0.1) is 12.7 Å². The lowest BCUT2D eigenvalue weighted by atomic mass is 10.1. The molecule has 0 aliphatic carbocycles. The molecule has 0 fully saturated rings. The van der Waals surface area contributed by atoms with Crippen LogP contribution in [0.3, 0.4) is 0 Å². The van der Waals surface area contributed by atoms with Crippen LogP contribution in [0.5, 0.6) is 11.5 Å². The molecular weight excluding hydrogens is 745 g/mol. The maximum Gasteiger partial charge on any atom is 0.418 e. The lowest BCUT2D eigenvalue weighted by molar-refractivity contribution is -0.136. The van der Waals surface area contributed by atoms with E-state index in [0.29, 0.717) is 11.4 Å². The number of nitrogens with zero attached hydrogens (tertiary/aromatic N) is 3. The van der Waals surface area contributed by atoms with Gasteiger partial charge in [0.05, 0.1) is 21.7 Å². The second kappa shape index (κ2) is 14.3. The van der Waals surface area contributed by atoms with Crippen molar-refractivity contribution in [3.8, 4) is 22.9 Å². The highest BCUT2D eigenvalue weighted by atomic mass is 32.3. The van der Waals surface area contributed by atoms with Gasteiger partial charge in [0.1, 0.15) is 15.7 Å². The van der Waals surface area contributed by atoms with Gasteiger partial charge in [0.15, 0.2) is 11.6 Å². The van der Waals surface area contributed by atoms with Gasteiger partial charge in [-0.2, -0.15) is 21.6 Å². The van der Waals surface area contributed by atoms with E-state index in [1.165, 1.54) is 67.8 Å². The molecule has 0 saturated heterocycles. The number of ether oxygens (including phenoxy) is 1. The third-order valence-electron chi connectivity index (χ3n) is 7.27. The second-order valence-electron chi connectivity index (χ2n) is 11.0. The fraction of sp³-hybridized carbons (Fsp3) is 0.0571. The number of hydrogen-bond donors (Lipinski definition) is 2. The van der Waals surface area contributed by atoms with Crippen molar-refractivity contribution < 1.29 is 43.7 Å². The molecule has 0 aliphatic rings. The number of aryl methyl sites for hydroxylation is 1. The third kappa shape index (κ3) is 8.18. The summed E-state index contributed by atoms with van der Waals surface area (Å²) in [5.74, 6) is -0.646. The van der Waals surface area contributed by atoms with Gasteiger partial charge in [-0.3, -0.25) is 14.3 Å². The first kappa shape index (κ1) is 36.3. The SMILES string of the molecule is Cc1cc(Oc2ccc(NS(=O)(=O)c3cccc(-c4ncccn4)c3)c(F)c2)c2cccc(C(F)(F)F)c2n1.O=S(=O)(O)c1cc2ccccc2s1. The van der Waals surface area contributed by atoms with Crippen LogP contribution in [0.4, 0.5) is 23.2 Å². The van der Waals surface area contributed by atoms with Crippen molar-refractivity contribution in [2.75, 3.05) is 4.72 Å². The average Bonchev–Trinajstić information content (AvgIpc) is 3.55. The molecule has 3 heterocycles. The number of nitrogens with one attached hydrogen (secondary N) is 1. The maximum atomic E-state index is 15.0. The van der Waals surface area contributed by atoms with Crippen molar-refractivity contribution in [1.29, 1.82) is 0 Å². The summed E-state index contributed by atoms with van der Waals surface area (Å²) in [6.45, 7) is 1.51. The van der Waals surface area contributed by atoms with Gasteiger partial charge in [-0.25, -0.2) is 22.8 Å². The molecule has 0 radical (unpaired) electrons. The van der Waals surface area contributed by atoms with Gasteiger partial charge in [-0.05, 0) is 66.9 Å². The van der Waals surface area contributed by atoms with Crippen LogP contribution in [0.1, 0.15) is 11.3 Å². The summed E-state index contributed by atoms with van der Waals surface area (Å²) in [5, 5.41) is 0.919. The molecular formula is C35H24F4N4O6S3. The highest BCUT2D eigenvalue weighted by Crippen LogP contribution is 2.38. The summed E-state index contributed by atoms with van der Waals surface area (Å²) < 4.78 is 120. The molecule has 0 aliphatic heterocycles. The number of alkyl halides is 3. The van der Waals surface area contributed by atoms with E-state index in [9.17, 15) is 34.4 Å². The monoisotopic (exact) mass is 768 g/mol. The zero-order chi connectivity index (χ0) is 37.3. The summed E-state index contributed by atoms with van der Waals surface area (Å²) in [7, 11) is -8.24. The normalized spacial score (nSPS) is 12.0. The molecule has 7 aromatic rings. The molecule has 0 amide bonds. The number of sulfonamides is 1. The number of para-hydroxylation sites is 1. The number of thiophene rings is 1. The topological polar surface area (TPSA) is 148 Å². The Morgan fingerprint density at radius 1 is 0.827 bits per heavy atom. The van der Waals surface area contributed by atoms with E-state index in [1.54, 1.807) is 18.2 Å². The number of rotatable bonds is 7. The molecule has 52 heavy (non-hydrogen) atoms. The molecule has 3 aromatic heterocycles. The fourth-order valence-electron chi connectivity index (χ4n) is 4.96. The highest BCUT2D eigenvalue weighted by Gasteiger charge is 2.33. The van der Waals surface area contributed by atoms with Gasteiger partial charge in [0.25, 0.3) is 10.0 Å². The zero-order valence-electron chi connectivity index (χ0n) is 26.5. The number of aromatic nitrogens is 3. The molecule has 10 nitrogen and oxygen atoms in total. The van der Waals surface area contributed by atoms with E-state index in [4.69, 9.17) is 9.29 Å². The number of anilines is 1. The summed E-state index contributed by atoms with van der Waals surface area (Å²) in [5.41, 5.74) is -0.849. The zero-order valence-corrected chi connectivity index (χ0v) is 29.0. The van der Waals surface area contributed by atoms with Crippen molar-refractivity contribution in [3.63, 3.8) is 0 Å². The number of halogens is 4. The fourth-order valence-corrected chi connectivity index (χ4v) is 7.83. The average molecular weight is 769 g/mol. The minimum Gasteiger partial charge on any atom is -0.456 e. The highest BCUT2D eigenvalue weighted by molar-refractivity contribution is 7.92. The Labute approximate surface area is 298 Å². The van der Waals surface area contributed by atoms with Crippen LogP contribution in [-0.2, 0) is 26.3 Å². The Bertz CT molecular complexity index is 2620. The Morgan fingerprint density at radius 3 is 2.25 bits per heavy atom. The Balaban J connectivity index is 0.000000299. The molecule has 0 atom stereocenters. The molecule has 0 bridgehead atoms. The van der Waals surface area contributed by atoms with Crippen LogP contribution in [-0.4, -0.2) is 36.3 Å². The summed E-state index contributed by atoms with van der Waals surface area (Å²) in [6.07, 6.45) is -1.59. The van der Waals surface area contributed by atoms with Crippen molar-refractivity contribution in [2.45, 2.75) is 22.2 Å². The van der Waals surface area contributed by atoms with Crippen LogP contribution >= 0.6 is 11.3 Å². The Morgan fingerprint density at radius 2 is 1.56 bits per heavy atom. The number of fused-ring (bicyclic) bond motifs is 2. The summed E-state index contributed by atoms with van der Waals surface area (Å²) in [6, 6.07) is 24.6. The van der Waals surface area contributed by atoms with Gasteiger partial charge in [0.2, 0.25) is 0 Å². The van der Waals surface area contributed by atoms with E-state index < -0.39 is 37.7 Å². The molecule has 0 spiro atoms. The minimum atomic E-state index is -4.63. The quantitative estimate of drug-likeness (QED) is 0.120. The van der Waals surface area contributed by atoms with Gasteiger partial charge in [-0.1, -0.05) is 36.4 Å². The first-order valence-electron chi connectivity index (χ1n) is 14.9. The van der Waals surface area contributed by atoms with E-state index in [0.717, 1.165) is 39.6 Å². The first-order valence-corrected chi connectivity index (χ1v) is 18.6. The van der Waals surface area contributed by atoms with Crippen molar-refractivity contribution >= 4 is 58.2 Å². The van der Waals surface area contributed by atoms with Crippen LogP contribution < -0.4 is 9.46 Å². The smallest absolute Gasteiger partial charge is 0.418 e. The predicted molar refractivity (Wildman–Crippen MR) is 188 cm³/mol. The maximum absolute atomic E-state index is 15.0. The number of hydrogen-bond acceptors (Lipinski definition) is 9. The van der Waals surface area contributed by atoms with Crippen molar-refractivity contribution in [1.82, 2.24) is 15.0 Å². The predicted octanol–water partition coefficient (Wildman–Crippen LogP) is 8.90. The first-order chi connectivity index (χ1) is 24.6. The van der Waals surface area contributed by atoms with Gasteiger partial charge in [-0.15, -0.1) is 11.3 Å². The molecule has 17 heteroatoms. The largest absolute Gasteiger partial charge is 0.456 e. The molecule has 0 saturated carbocycles. The lowest BCUT2D eigenvalue weighted by Crippen LogP contribution is -2.14. The van der Waals surface area contributed by atoms with Gasteiger partial charge in [0, 0.05) is 45.9 Å². The standard InChI is InChI=1S/C27H18F4N4O3S.C8H6O3S2/c1-16-13-24(20-7-3-8-21(25(20)34-16)27(29,30)31)38-18-9-10-23(22(28)15-18)35-39(36,37)19-6-2-5-17(14-19)26-32-11-4-12-33-26;9-13(10,11)8-5-6-3-1-2-4-7(6)12-8/h2-15,35H,1H3;1-5H,(H,9,10,11). The van der Waals surface area contributed by atoms with Crippen LogP contribution in [0.2, 0.25) is 0 Å². The minimum absolute atomic E-state index is 0.00583. The van der Waals surface area contributed by atoms with E-state index in [-0.39, 0.29) is 42.9 Å². The van der Waals surface area contributed by atoms with Crippen LogP contribution in [0.25, 0.3) is 32.4 Å². The molecule has 2 N–H and O–H groups in total. The van der Waals surface area contributed by atoms with E-state index in [1.807, 2.05) is 18.2 Å². The van der Waals surface area contributed by atoms with Gasteiger partial charge < -0.3 is 4.74 Å². The third-order valence-corrected chi connectivity index (χ3v) is 11.1. The van der Waals surface area contributed by atoms with E-state index in [2.05, 4.69) is 19.7 Å². The van der Waals surface area contributed by atoms with Crippen LogP contribution in [0.15, 0.2) is 125 Å². The van der Waals surface area contributed by atoms with Gasteiger partial charge >= 0.3 is 16.3 Å². The number of benzene rings is 4. The Hall–Kier alpha value is -5.49. The number of pyridine rings is 1. The molecule has 7 rings (SSSR count). The molecule has 266 valence electrons. The molecule has 4 aromatic carbocycles. The Kier molecular flexibility index (Phi) is 9.96. The van der Waals surface area contributed by atoms with Crippen molar-refractivity contribution in [3.05, 3.63) is 133 Å². The molecule has 0 unspecified atom stereocenters. The summed E-state index contributed by atoms with van der Waals surface area (Å²) in [4.78, 5) is 12.1. The lowest BCUT2D eigenvalue weighted by Gasteiger charge is -2.15. The van der Waals surface area contributed by atoms with E-state index >= 15 is 0 Å². The second-order valence-corrected chi connectivity index (χ2v) is 15.4.